The number of aryl methyl sites for hydroxylation is 1. The fourth-order valence-electron chi connectivity index (χ4n) is 2.56. The quantitative estimate of drug-likeness (QED) is 0.723. The third-order valence-electron chi connectivity index (χ3n) is 3.86. The Morgan fingerprint density at radius 1 is 1.21 bits per heavy atom. The van der Waals surface area contributed by atoms with Gasteiger partial charge in [-0.1, -0.05) is 41.9 Å². The first-order valence-corrected chi connectivity index (χ1v) is 8.12. The summed E-state index contributed by atoms with van der Waals surface area (Å²) in [6.45, 7) is 0.668. The molecule has 5 nitrogen and oxygen atoms in total. The van der Waals surface area contributed by atoms with E-state index in [1.165, 1.54) is 0 Å². The molecule has 0 fully saturated rings. The van der Waals surface area contributed by atoms with Crippen molar-refractivity contribution in [1.29, 1.82) is 0 Å². The number of imidazole rings is 1. The molecule has 1 aromatic heterocycles. The predicted octanol–water partition coefficient (Wildman–Crippen LogP) is 2.93. The number of hydrogen-bond donors (Lipinski definition) is 2. The number of carbonyl (C=O) groups excluding carboxylic acids is 1. The average molecular weight is 344 g/mol. The lowest BCUT2D eigenvalue weighted by atomic mass is 10.1. The monoisotopic (exact) mass is 343 g/mol. The van der Waals surface area contributed by atoms with Crippen LogP contribution in [-0.2, 0) is 11.3 Å². The van der Waals surface area contributed by atoms with Crippen molar-refractivity contribution in [2.45, 2.75) is 19.1 Å². The van der Waals surface area contributed by atoms with E-state index in [0.717, 1.165) is 11.0 Å². The number of benzene rings is 2. The molecule has 0 radical (unpaired) electrons. The molecule has 0 saturated carbocycles. The van der Waals surface area contributed by atoms with Crippen molar-refractivity contribution in [2.24, 2.45) is 0 Å². The second-order valence-corrected chi connectivity index (χ2v) is 5.93. The van der Waals surface area contributed by atoms with Crippen molar-refractivity contribution >= 4 is 28.5 Å². The number of carbonyl (C=O) groups is 1. The minimum Gasteiger partial charge on any atom is -0.387 e. The van der Waals surface area contributed by atoms with Gasteiger partial charge in [-0.2, -0.15) is 0 Å². The summed E-state index contributed by atoms with van der Waals surface area (Å²) in [6.07, 6.45) is 1.23. The van der Waals surface area contributed by atoms with Crippen LogP contribution in [-0.4, -0.2) is 27.1 Å². The standard InChI is InChI=1S/C18H18ClN3O2/c19-14-6-2-1-5-13(14)17(23)11-20-18(24)9-10-22-12-21-15-7-3-4-8-16(15)22/h1-8,12,17,23H,9-11H2,(H,20,24). The normalized spacial score (nSPS) is 12.2. The Labute approximate surface area is 144 Å². The Morgan fingerprint density at radius 2 is 1.96 bits per heavy atom. The maximum absolute atomic E-state index is 12.0. The Balaban J connectivity index is 1.52. The average Bonchev–Trinajstić information content (AvgIpc) is 3.01. The number of nitrogens with one attached hydrogen (secondary N) is 1. The van der Waals surface area contributed by atoms with E-state index in [0.29, 0.717) is 23.6 Å². The van der Waals surface area contributed by atoms with Crippen LogP contribution in [0.4, 0.5) is 0 Å². The van der Waals surface area contributed by atoms with Gasteiger partial charge in [-0.15, -0.1) is 0 Å². The van der Waals surface area contributed by atoms with Gasteiger partial charge in [0.05, 0.1) is 23.5 Å². The van der Waals surface area contributed by atoms with Gasteiger partial charge in [-0.3, -0.25) is 4.79 Å². The van der Waals surface area contributed by atoms with Crippen molar-refractivity contribution in [2.75, 3.05) is 6.54 Å². The molecule has 24 heavy (non-hydrogen) atoms. The van der Waals surface area contributed by atoms with Gasteiger partial charge in [0.2, 0.25) is 5.91 Å². The third-order valence-corrected chi connectivity index (χ3v) is 4.21. The first-order valence-electron chi connectivity index (χ1n) is 7.74. The molecule has 2 aromatic carbocycles. The summed E-state index contributed by atoms with van der Waals surface area (Å²) >= 11 is 6.04. The number of nitrogens with zero attached hydrogens (tertiary/aromatic N) is 2. The maximum Gasteiger partial charge on any atom is 0.221 e. The highest BCUT2D eigenvalue weighted by molar-refractivity contribution is 6.31. The van der Waals surface area contributed by atoms with Crippen molar-refractivity contribution in [3.05, 3.63) is 65.4 Å². The van der Waals surface area contributed by atoms with Crippen LogP contribution < -0.4 is 5.32 Å². The minimum absolute atomic E-state index is 0.126. The molecule has 3 rings (SSSR count). The summed E-state index contributed by atoms with van der Waals surface area (Å²) in [5.74, 6) is -0.126. The molecule has 1 amide bonds. The van der Waals surface area contributed by atoms with Gasteiger partial charge >= 0.3 is 0 Å². The van der Waals surface area contributed by atoms with Gasteiger partial charge in [0.25, 0.3) is 0 Å². The van der Waals surface area contributed by atoms with E-state index in [2.05, 4.69) is 10.3 Å². The highest BCUT2D eigenvalue weighted by Crippen LogP contribution is 2.21. The van der Waals surface area contributed by atoms with E-state index < -0.39 is 6.10 Å². The fourth-order valence-corrected chi connectivity index (χ4v) is 2.83. The Kier molecular flexibility index (Phi) is 5.13. The largest absolute Gasteiger partial charge is 0.387 e. The number of aliphatic hydroxyl groups is 1. The van der Waals surface area contributed by atoms with Crippen LogP contribution in [0.5, 0.6) is 0 Å². The Hall–Kier alpha value is -2.37. The van der Waals surface area contributed by atoms with E-state index in [9.17, 15) is 9.90 Å². The van der Waals surface area contributed by atoms with E-state index in [-0.39, 0.29) is 12.5 Å². The van der Waals surface area contributed by atoms with Crippen molar-refractivity contribution in [3.63, 3.8) is 0 Å². The lowest BCUT2D eigenvalue weighted by molar-refractivity contribution is -0.121. The Morgan fingerprint density at radius 3 is 2.79 bits per heavy atom. The van der Waals surface area contributed by atoms with Crippen LogP contribution in [0.15, 0.2) is 54.9 Å². The maximum atomic E-state index is 12.0. The van der Waals surface area contributed by atoms with Gasteiger partial charge in [0.1, 0.15) is 0 Å². The summed E-state index contributed by atoms with van der Waals surface area (Å²) in [4.78, 5) is 16.3. The molecule has 6 heteroatoms. The molecule has 1 atom stereocenters. The number of aromatic nitrogens is 2. The molecule has 1 unspecified atom stereocenters. The van der Waals surface area contributed by atoms with Gasteiger partial charge in [0, 0.05) is 30.1 Å². The summed E-state index contributed by atoms with van der Waals surface area (Å²) in [6, 6.07) is 14.8. The first-order chi connectivity index (χ1) is 11.6. The molecule has 0 bridgehead atoms. The number of amides is 1. The van der Waals surface area contributed by atoms with E-state index in [1.807, 2.05) is 28.8 Å². The van der Waals surface area contributed by atoms with Gasteiger partial charge in [-0.05, 0) is 18.2 Å². The molecule has 1 heterocycles. The highest BCUT2D eigenvalue weighted by Gasteiger charge is 2.12. The van der Waals surface area contributed by atoms with Gasteiger partial charge in [-0.25, -0.2) is 4.98 Å². The Bertz CT molecular complexity index is 847. The van der Waals surface area contributed by atoms with Crippen LogP contribution in [0.1, 0.15) is 18.1 Å². The second kappa shape index (κ2) is 7.47. The van der Waals surface area contributed by atoms with Crippen LogP contribution >= 0.6 is 11.6 Å². The number of para-hydroxylation sites is 2. The SMILES string of the molecule is O=C(CCn1cnc2ccccc21)NCC(O)c1ccccc1Cl. The second-order valence-electron chi connectivity index (χ2n) is 5.52. The number of fused-ring (bicyclic) bond motifs is 1. The zero-order chi connectivity index (χ0) is 16.9. The third kappa shape index (κ3) is 3.75. The molecule has 0 saturated heterocycles. The first kappa shape index (κ1) is 16.5. The van der Waals surface area contributed by atoms with Gasteiger partial charge < -0.3 is 15.0 Å². The van der Waals surface area contributed by atoms with E-state index in [1.54, 1.807) is 30.6 Å². The molecular formula is C18H18ClN3O2. The van der Waals surface area contributed by atoms with E-state index >= 15 is 0 Å². The zero-order valence-corrected chi connectivity index (χ0v) is 13.8. The summed E-state index contributed by atoms with van der Waals surface area (Å²) in [5, 5.41) is 13.4. The van der Waals surface area contributed by atoms with Crippen LogP contribution in [0.25, 0.3) is 11.0 Å². The number of hydrogen-bond acceptors (Lipinski definition) is 3. The molecule has 124 valence electrons. The molecule has 0 aliphatic carbocycles. The lowest BCUT2D eigenvalue weighted by Crippen LogP contribution is -2.29. The van der Waals surface area contributed by atoms with Crippen LogP contribution in [0, 0.1) is 0 Å². The number of halogens is 1. The molecule has 0 spiro atoms. The molecule has 0 aliphatic heterocycles. The van der Waals surface area contributed by atoms with Crippen molar-refractivity contribution in [1.82, 2.24) is 14.9 Å². The molecule has 0 aliphatic rings. The van der Waals surface area contributed by atoms with Gasteiger partial charge in [0.15, 0.2) is 0 Å². The smallest absolute Gasteiger partial charge is 0.221 e. The number of rotatable bonds is 6. The molecule has 3 aromatic rings. The highest BCUT2D eigenvalue weighted by atomic mass is 35.5. The van der Waals surface area contributed by atoms with Crippen LogP contribution in [0.2, 0.25) is 5.02 Å². The fraction of sp³-hybridized carbons (Fsp3) is 0.222. The summed E-state index contributed by atoms with van der Waals surface area (Å²) < 4.78 is 1.94. The zero-order valence-electron chi connectivity index (χ0n) is 13.0. The van der Waals surface area contributed by atoms with Crippen molar-refractivity contribution in [3.8, 4) is 0 Å². The van der Waals surface area contributed by atoms with Crippen molar-refractivity contribution < 1.29 is 9.90 Å². The van der Waals surface area contributed by atoms with Crippen LogP contribution in [0.3, 0.4) is 0 Å². The summed E-state index contributed by atoms with van der Waals surface area (Å²) in [5.41, 5.74) is 2.52. The van der Waals surface area contributed by atoms with E-state index in [4.69, 9.17) is 11.6 Å². The topological polar surface area (TPSA) is 67.2 Å². The molecule has 2 N–H and O–H groups in total. The lowest BCUT2D eigenvalue weighted by Gasteiger charge is -2.13. The minimum atomic E-state index is -0.822. The number of aliphatic hydroxyl groups excluding tert-OH is 1. The summed E-state index contributed by atoms with van der Waals surface area (Å²) in [7, 11) is 0. The predicted molar refractivity (Wildman–Crippen MR) is 93.8 cm³/mol. The molecular weight excluding hydrogens is 326 g/mol.